The summed E-state index contributed by atoms with van der Waals surface area (Å²) in [5, 5.41) is 11.8. The molecule has 4 N–H and O–H groups in total. The van der Waals surface area contributed by atoms with Gasteiger partial charge in [0.05, 0.1) is 6.42 Å². The molecule has 0 spiro atoms. The van der Waals surface area contributed by atoms with E-state index in [0.29, 0.717) is 24.4 Å². The smallest absolute Gasteiger partial charge is 0.305 e. The molecular weight excluding hydrogens is 256 g/mol. The Labute approximate surface area is 118 Å². The van der Waals surface area contributed by atoms with Gasteiger partial charge in [0.2, 0.25) is 0 Å². The second kappa shape index (κ2) is 6.52. The summed E-state index contributed by atoms with van der Waals surface area (Å²) in [5.41, 5.74) is 7.04. The molecule has 1 fully saturated rings. The normalized spacial score (nSPS) is 15.7. The highest BCUT2D eigenvalue weighted by molar-refractivity contribution is 5.96. The van der Waals surface area contributed by atoms with Crippen LogP contribution >= 0.6 is 0 Å². The molecule has 108 valence electrons. The topological polar surface area (TPSA) is 92.4 Å². The molecule has 5 heteroatoms. The van der Waals surface area contributed by atoms with Crippen LogP contribution in [0, 0.1) is 5.92 Å². The molecule has 1 aromatic carbocycles. The predicted molar refractivity (Wildman–Crippen MR) is 75.4 cm³/mol. The maximum atomic E-state index is 12.3. The summed E-state index contributed by atoms with van der Waals surface area (Å²) in [6.07, 6.45) is 2.59. The molecule has 1 saturated carbocycles. The molecular formula is C15H20N2O3. The molecule has 0 bridgehead atoms. The van der Waals surface area contributed by atoms with E-state index >= 15 is 0 Å². The van der Waals surface area contributed by atoms with Crippen LogP contribution in [0.15, 0.2) is 24.3 Å². The van der Waals surface area contributed by atoms with Gasteiger partial charge < -0.3 is 16.2 Å². The van der Waals surface area contributed by atoms with Crippen LogP contribution in [-0.2, 0) is 11.2 Å². The molecule has 1 aliphatic carbocycles. The third-order valence-corrected chi connectivity index (χ3v) is 3.58. The Balaban J connectivity index is 2.08. The van der Waals surface area contributed by atoms with Crippen molar-refractivity contribution in [3.63, 3.8) is 0 Å². The highest BCUT2D eigenvalue weighted by Gasteiger charge is 2.34. The number of nitrogens with two attached hydrogens (primary N) is 1. The Morgan fingerprint density at radius 3 is 2.65 bits per heavy atom. The SMILES string of the molecule is NCCc1ccccc1C(=O)NC(CC(=O)O)C1CC1. The van der Waals surface area contributed by atoms with E-state index in [4.69, 9.17) is 10.8 Å². The lowest BCUT2D eigenvalue weighted by atomic mass is 10.0. The molecule has 0 saturated heterocycles. The van der Waals surface area contributed by atoms with E-state index in [0.717, 1.165) is 18.4 Å². The van der Waals surface area contributed by atoms with Gasteiger partial charge in [-0.25, -0.2) is 0 Å². The largest absolute Gasteiger partial charge is 0.481 e. The molecule has 20 heavy (non-hydrogen) atoms. The number of rotatable bonds is 7. The average molecular weight is 276 g/mol. The molecule has 1 aromatic rings. The summed E-state index contributed by atoms with van der Waals surface area (Å²) >= 11 is 0. The summed E-state index contributed by atoms with van der Waals surface area (Å²) in [5.74, 6) is -0.777. The third kappa shape index (κ3) is 3.81. The van der Waals surface area contributed by atoms with Gasteiger partial charge in [-0.05, 0) is 43.4 Å². The van der Waals surface area contributed by atoms with Crippen molar-refractivity contribution in [2.75, 3.05) is 6.54 Å². The van der Waals surface area contributed by atoms with Gasteiger partial charge in [0.25, 0.3) is 5.91 Å². The summed E-state index contributed by atoms with van der Waals surface area (Å²) in [6.45, 7) is 0.478. The lowest BCUT2D eigenvalue weighted by molar-refractivity contribution is -0.137. The zero-order valence-electron chi connectivity index (χ0n) is 11.3. The monoisotopic (exact) mass is 276 g/mol. The summed E-state index contributed by atoms with van der Waals surface area (Å²) in [4.78, 5) is 23.2. The Morgan fingerprint density at radius 1 is 1.35 bits per heavy atom. The predicted octanol–water partition coefficient (Wildman–Crippen LogP) is 1.17. The van der Waals surface area contributed by atoms with E-state index < -0.39 is 5.97 Å². The quantitative estimate of drug-likeness (QED) is 0.697. The van der Waals surface area contributed by atoms with Crippen LogP contribution in [0.25, 0.3) is 0 Å². The van der Waals surface area contributed by atoms with Gasteiger partial charge in [0.15, 0.2) is 0 Å². The summed E-state index contributed by atoms with van der Waals surface area (Å²) in [6, 6.07) is 7.04. The Bertz CT molecular complexity index is 498. The first-order valence-corrected chi connectivity index (χ1v) is 6.92. The maximum absolute atomic E-state index is 12.3. The van der Waals surface area contributed by atoms with Crippen molar-refractivity contribution in [1.29, 1.82) is 0 Å². The zero-order valence-corrected chi connectivity index (χ0v) is 11.3. The van der Waals surface area contributed by atoms with Gasteiger partial charge in [-0.3, -0.25) is 9.59 Å². The van der Waals surface area contributed by atoms with Gasteiger partial charge in [0.1, 0.15) is 0 Å². The molecule has 5 nitrogen and oxygen atoms in total. The van der Waals surface area contributed by atoms with Crippen molar-refractivity contribution in [2.24, 2.45) is 11.7 Å². The van der Waals surface area contributed by atoms with Crippen LogP contribution in [0.5, 0.6) is 0 Å². The standard InChI is InChI=1S/C15H20N2O3/c16-8-7-10-3-1-2-4-12(10)15(20)17-13(9-14(18)19)11-5-6-11/h1-4,11,13H,5-9,16H2,(H,17,20)(H,18,19). The Kier molecular flexibility index (Phi) is 4.74. The molecule has 1 amide bonds. The van der Waals surface area contributed by atoms with E-state index in [2.05, 4.69) is 5.32 Å². The van der Waals surface area contributed by atoms with Gasteiger partial charge in [0, 0.05) is 11.6 Å². The number of nitrogens with one attached hydrogen (secondary N) is 1. The molecule has 0 aliphatic heterocycles. The number of amides is 1. The van der Waals surface area contributed by atoms with Crippen LogP contribution in [-0.4, -0.2) is 29.6 Å². The molecule has 2 rings (SSSR count). The number of carbonyl (C=O) groups excluding carboxylic acids is 1. The molecule has 1 aliphatic rings. The van der Waals surface area contributed by atoms with Gasteiger partial charge in [-0.2, -0.15) is 0 Å². The van der Waals surface area contributed by atoms with Crippen molar-refractivity contribution in [1.82, 2.24) is 5.32 Å². The fourth-order valence-electron chi connectivity index (χ4n) is 2.38. The second-order valence-corrected chi connectivity index (χ2v) is 5.21. The molecule has 0 heterocycles. The first kappa shape index (κ1) is 14.5. The van der Waals surface area contributed by atoms with Gasteiger partial charge in [-0.1, -0.05) is 18.2 Å². The van der Waals surface area contributed by atoms with Crippen molar-refractivity contribution >= 4 is 11.9 Å². The highest BCUT2D eigenvalue weighted by atomic mass is 16.4. The minimum absolute atomic E-state index is 0.0184. The number of hydrogen-bond acceptors (Lipinski definition) is 3. The lowest BCUT2D eigenvalue weighted by Crippen LogP contribution is -2.38. The molecule has 1 atom stereocenters. The van der Waals surface area contributed by atoms with E-state index in [-0.39, 0.29) is 18.4 Å². The fraction of sp³-hybridized carbons (Fsp3) is 0.467. The number of carboxylic acids is 1. The Hall–Kier alpha value is -1.88. The van der Waals surface area contributed by atoms with E-state index in [1.807, 2.05) is 12.1 Å². The third-order valence-electron chi connectivity index (χ3n) is 3.58. The van der Waals surface area contributed by atoms with Gasteiger partial charge in [-0.15, -0.1) is 0 Å². The first-order valence-electron chi connectivity index (χ1n) is 6.92. The Morgan fingerprint density at radius 2 is 2.05 bits per heavy atom. The first-order chi connectivity index (χ1) is 9.61. The highest BCUT2D eigenvalue weighted by Crippen LogP contribution is 2.34. The van der Waals surface area contributed by atoms with Crippen molar-refractivity contribution < 1.29 is 14.7 Å². The van der Waals surface area contributed by atoms with Crippen LogP contribution in [0.3, 0.4) is 0 Å². The zero-order chi connectivity index (χ0) is 14.5. The summed E-state index contributed by atoms with van der Waals surface area (Å²) in [7, 11) is 0. The summed E-state index contributed by atoms with van der Waals surface area (Å²) < 4.78 is 0. The fourth-order valence-corrected chi connectivity index (χ4v) is 2.38. The molecule has 0 radical (unpaired) electrons. The second-order valence-electron chi connectivity index (χ2n) is 5.21. The van der Waals surface area contributed by atoms with Crippen molar-refractivity contribution in [3.05, 3.63) is 35.4 Å². The minimum atomic E-state index is -0.877. The minimum Gasteiger partial charge on any atom is -0.481 e. The van der Waals surface area contributed by atoms with E-state index in [9.17, 15) is 9.59 Å². The molecule has 1 unspecified atom stereocenters. The van der Waals surface area contributed by atoms with Crippen LogP contribution in [0.2, 0.25) is 0 Å². The van der Waals surface area contributed by atoms with Crippen LogP contribution in [0.1, 0.15) is 35.2 Å². The number of carbonyl (C=O) groups is 2. The van der Waals surface area contributed by atoms with E-state index in [1.165, 1.54) is 0 Å². The van der Waals surface area contributed by atoms with Crippen LogP contribution < -0.4 is 11.1 Å². The maximum Gasteiger partial charge on any atom is 0.305 e. The number of hydrogen-bond donors (Lipinski definition) is 3. The lowest BCUT2D eigenvalue weighted by Gasteiger charge is -2.17. The molecule has 0 aromatic heterocycles. The van der Waals surface area contributed by atoms with Gasteiger partial charge >= 0.3 is 5.97 Å². The number of carboxylic acid groups (broad SMARTS) is 1. The van der Waals surface area contributed by atoms with Crippen LogP contribution in [0.4, 0.5) is 0 Å². The van der Waals surface area contributed by atoms with E-state index in [1.54, 1.807) is 12.1 Å². The number of aliphatic carboxylic acids is 1. The van der Waals surface area contributed by atoms with Crippen molar-refractivity contribution in [3.8, 4) is 0 Å². The average Bonchev–Trinajstić information content (AvgIpc) is 3.22. The van der Waals surface area contributed by atoms with Crippen molar-refractivity contribution in [2.45, 2.75) is 31.7 Å². The number of benzene rings is 1.